The molecule has 0 heterocycles. The van der Waals surface area contributed by atoms with Crippen molar-refractivity contribution in [2.75, 3.05) is 13.1 Å². The molecular weight excluding hydrogens is 141 g/mol. The van der Waals surface area contributed by atoms with Crippen molar-refractivity contribution in [3.05, 3.63) is 0 Å². The number of carboxylic acid groups (broad SMARTS) is 2. The summed E-state index contributed by atoms with van der Waals surface area (Å²) in [5.41, 5.74) is 0. The van der Waals surface area contributed by atoms with Gasteiger partial charge in [-0.25, -0.2) is 4.79 Å². The predicted molar refractivity (Wildman–Crippen MR) is 34.7 cm³/mol. The second kappa shape index (κ2) is 8.16. The highest BCUT2D eigenvalue weighted by Crippen LogP contribution is 1.81. The molecule has 0 bridgehead atoms. The molecule has 0 fully saturated rings. The first-order valence-electron chi connectivity index (χ1n) is 2.87. The molecule has 0 aromatic carbocycles. The Morgan fingerprint density at radius 3 is 1.60 bits per heavy atom. The second-order valence-electron chi connectivity index (χ2n) is 1.38. The van der Waals surface area contributed by atoms with E-state index in [0.29, 0.717) is 13.1 Å². The predicted octanol–water partition coefficient (Wildman–Crippen LogP) is 1.44. The fourth-order valence-corrected chi connectivity index (χ4v) is 0.224. The molecular formula is C5H12FNO3. The van der Waals surface area contributed by atoms with Gasteiger partial charge >= 0.3 is 6.16 Å². The Morgan fingerprint density at radius 1 is 1.40 bits per heavy atom. The van der Waals surface area contributed by atoms with Crippen LogP contribution in [0.4, 0.5) is 9.28 Å². The molecule has 0 spiro atoms. The number of hydrogen-bond donors (Lipinski definition) is 2. The smallest absolute Gasteiger partial charge is 0.450 e. The van der Waals surface area contributed by atoms with Crippen LogP contribution in [0.5, 0.6) is 0 Å². The molecule has 62 valence electrons. The lowest BCUT2D eigenvalue weighted by Crippen LogP contribution is -2.10. The Kier molecular flexibility index (Phi) is 9.71. The highest BCUT2D eigenvalue weighted by molar-refractivity contribution is 5.53. The Morgan fingerprint density at radius 2 is 1.60 bits per heavy atom. The topological polar surface area (TPSA) is 60.8 Å². The van der Waals surface area contributed by atoms with Crippen molar-refractivity contribution in [2.45, 2.75) is 13.8 Å². The quantitative estimate of drug-likeness (QED) is 0.589. The van der Waals surface area contributed by atoms with Crippen LogP contribution in [0.25, 0.3) is 0 Å². The molecule has 0 rings (SSSR count). The lowest BCUT2D eigenvalue weighted by molar-refractivity contribution is 0.0389. The minimum absolute atomic E-state index is 0.497. The summed E-state index contributed by atoms with van der Waals surface area (Å²) in [4.78, 5) is 8.56. The summed E-state index contributed by atoms with van der Waals surface area (Å²) in [6.07, 6.45) is -1.83. The number of halogens is 1. The lowest BCUT2D eigenvalue weighted by atomic mass is 10.7. The standard InChI is InChI=1S/C4H10FN.CH2O3/c1-3-6(5)4-2;2-1(3)4/h3-4H2,1-2H3;(H2,2,3,4). The molecule has 0 saturated heterocycles. The molecule has 0 amide bonds. The fraction of sp³-hybridized carbons (Fsp3) is 0.800. The number of hydrogen-bond acceptors (Lipinski definition) is 2. The highest BCUT2D eigenvalue weighted by Gasteiger charge is 1.87. The zero-order valence-corrected chi connectivity index (χ0v) is 6.04. The monoisotopic (exact) mass is 153 g/mol. The van der Waals surface area contributed by atoms with Crippen LogP contribution in [0.1, 0.15) is 13.8 Å². The molecule has 0 unspecified atom stereocenters. The molecule has 0 aromatic heterocycles. The van der Waals surface area contributed by atoms with Crippen LogP contribution in [0.2, 0.25) is 0 Å². The number of rotatable bonds is 2. The Labute approximate surface area is 58.8 Å². The van der Waals surface area contributed by atoms with Crippen molar-refractivity contribution >= 4 is 6.16 Å². The van der Waals surface area contributed by atoms with Crippen LogP contribution >= 0.6 is 0 Å². The van der Waals surface area contributed by atoms with E-state index in [0.717, 1.165) is 5.12 Å². The van der Waals surface area contributed by atoms with Crippen LogP contribution in [0, 0.1) is 0 Å². The van der Waals surface area contributed by atoms with Crippen LogP contribution < -0.4 is 0 Å². The summed E-state index contributed by atoms with van der Waals surface area (Å²) in [6, 6.07) is 0. The maximum atomic E-state index is 11.7. The molecule has 2 N–H and O–H groups in total. The lowest BCUT2D eigenvalue weighted by Gasteiger charge is -2.00. The van der Waals surface area contributed by atoms with Gasteiger partial charge in [0.05, 0.1) is 0 Å². The van der Waals surface area contributed by atoms with E-state index < -0.39 is 6.16 Å². The van der Waals surface area contributed by atoms with Crippen molar-refractivity contribution < 1.29 is 19.5 Å². The number of carbonyl (C=O) groups is 1. The second-order valence-corrected chi connectivity index (χ2v) is 1.38. The van der Waals surface area contributed by atoms with E-state index in [1.54, 1.807) is 13.8 Å². The van der Waals surface area contributed by atoms with Gasteiger partial charge in [-0.3, -0.25) is 0 Å². The van der Waals surface area contributed by atoms with Gasteiger partial charge in [-0.1, -0.05) is 0 Å². The van der Waals surface area contributed by atoms with E-state index >= 15 is 0 Å². The average molecular weight is 153 g/mol. The third-order valence-corrected chi connectivity index (χ3v) is 0.686. The summed E-state index contributed by atoms with van der Waals surface area (Å²) in [5.74, 6) is 0. The molecule has 0 atom stereocenters. The van der Waals surface area contributed by atoms with Crippen molar-refractivity contribution in [1.82, 2.24) is 5.12 Å². The van der Waals surface area contributed by atoms with Gasteiger partial charge in [0.2, 0.25) is 0 Å². The minimum atomic E-state index is -1.83. The molecule has 0 saturated carbocycles. The molecule has 0 aromatic rings. The average Bonchev–Trinajstić information content (AvgIpc) is 1.85. The summed E-state index contributed by atoms with van der Waals surface area (Å²) < 4.78 is 11.7. The highest BCUT2D eigenvalue weighted by atomic mass is 19.2. The van der Waals surface area contributed by atoms with E-state index in [9.17, 15) is 4.48 Å². The maximum absolute atomic E-state index is 11.7. The first kappa shape index (κ1) is 11.9. The van der Waals surface area contributed by atoms with Gasteiger partial charge in [0.25, 0.3) is 0 Å². The van der Waals surface area contributed by atoms with Crippen molar-refractivity contribution in [2.24, 2.45) is 0 Å². The van der Waals surface area contributed by atoms with Crippen LogP contribution in [0.15, 0.2) is 0 Å². The van der Waals surface area contributed by atoms with Crippen molar-refractivity contribution in [1.29, 1.82) is 0 Å². The third kappa shape index (κ3) is 27.2. The Bertz CT molecular complexity index is 81.0. The largest absolute Gasteiger partial charge is 0.503 e. The van der Waals surface area contributed by atoms with Gasteiger partial charge in [-0.2, -0.15) is 0 Å². The minimum Gasteiger partial charge on any atom is -0.450 e. The van der Waals surface area contributed by atoms with E-state index in [1.165, 1.54) is 0 Å². The van der Waals surface area contributed by atoms with Crippen molar-refractivity contribution in [3.8, 4) is 0 Å². The molecule has 10 heavy (non-hydrogen) atoms. The third-order valence-electron chi connectivity index (χ3n) is 0.686. The van der Waals surface area contributed by atoms with Crippen molar-refractivity contribution in [3.63, 3.8) is 0 Å². The maximum Gasteiger partial charge on any atom is 0.503 e. The van der Waals surface area contributed by atoms with Gasteiger partial charge in [-0.05, 0) is 13.8 Å². The first-order chi connectivity index (χ1) is 4.54. The molecule has 0 aliphatic carbocycles. The molecule has 4 nitrogen and oxygen atoms in total. The van der Waals surface area contributed by atoms with Crippen LogP contribution in [0.3, 0.4) is 0 Å². The summed E-state index contributed by atoms with van der Waals surface area (Å²) in [5, 5.41) is 14.7. The molecule has 0 aliphatic rings. The summed E-state index contributed by atoms with van der Waals surface area (Å²) in [7, 11) is 0. The number of nitrogens with zero attached hydrogens (tertiary/aromatic N) is 1. The first-order valence-corrected chi connectivity index (χ1v) is 2.87. The normalized spacial score (nSPS) is 8.40. The van der Waals surface area contributed by atoms with Gasteiger partial charge in [0, 0.05) is 13.1 Å². The van der Waals surface area contributed by atoms with Gasteiger partial charge in [0.1, 0.15) is 0 Å². The summed E-state index contributed by atoms with van der Waals surface area (Å²) in [6.45, 7) is 4.56. The van der Waals surface area contributed by atoms with Crippen LogP contribution in [-0.4, -0.2) is 34.6 Å². The van der Waals surface area contributed by atoms with Gasteiger partial charge < -0.3 is 10.2 Å². The van der Waals surface area contributed by atoms with Crippen LogP contribution in [-0.2, 0) is 0 Å². The molecule has 5 heteroatoms. The zero-order chi connectivity index (χ0) is 8.57. The van der Waals surface area contributed by atoms with E-state index in [2.05, 4.69) is 0 Å². The summed E-state index contributed by atoms with van der Waals surface area (Å²) >= 11 is 0. The Hall–Kier alpha value is -0.840. The van der Waals surface area contributed by atoms with Gasteiger partial charge in [0.15, 0.2) is 0 Å². The zero-order valence-electron chi connectivity index (χ0n) is 6.04. The molecule has 0 aliphatic heterocycles. The molecule has 0 radical (unpaired) electrons. The van der Waals surface area contributed by atoms with Gasteiger partial charge in [-0.15, -0.1) is 9.60 Å². The van der Waals surface area contributed by atoms with E-state index in [4.69, 9.17) is 15.0 Å². The fourth-order valence-electron chi connectivity index (χ4n) is 0.224. The van der Waals surface area contributed by atoms with E-state index in [-0.39, 0.29) is 0 Å². The SMILES string of the molecule is CCN(F)CC.O=C(O)O. The van der Waals surface area contributed by atoms with E-state index in [1.807, 2.05) is 0 Å². The Balaban J connectivity index is 0.